The standard InChI is InChI=1S/C53H60Cl4N4O7/c1-30-29-51(4,5)60(8)38-28-40-36(26-34(30)38)53(43-42(48(64)68-53)44(54)46(56)47(57)45(43)55)35-25-32-11-9-22-61(37(32)27-39(35)67-40)23-10-12-41(63)58-21-18-52(6,7)66-24-19-50(2,3)49(65)59-20-17-31-13-15-33(62)16-14-31/h13-16,25-29,62H,9-12,17-24H2,1-8H3,(H,58,63)(H,59,65). The van der Waals surface area contributed by atoms with Crippen molar-refractivity contribution < 1.29 is 33.7 Å². The van der Waals surface area contributed by atoms with Crippen molar-refractivity contribution in [3.8, 4) is 17.2 Å². The number of ether oxygens (including phenoxy) is 3. The summed E-state index contributed by atoms with van der Waals surface area (Å²) in [6.45, 7) is 17.0. The molecular weight excluding hydrogens is 946 g/mol. The number of carbonyl (C=O) groups excluding carboxylic acids is 3. The lowest BCUT2D eigenvalue weighted by molar-refractivity contribution is -0.131. The highest BCUT2D eigenvalue weighted by atomic mass is 35.5. The zero-order valence-electron chi connectivity index (χ0n) is 40.0. The number of phenolic OH excluding ortho intramolecular Hbond substituents is 1. The van der Waals surface area contributed by atoms with Gasteiger partial charge in [0, 0.05) is 97.4 Å². The molecule has 0 fully saturated rings. The molecule has 1 unspecified atom stereocenters. The number of rotatable bonds is 15. The summed E-state index contributed by atoms with van der Waals surface area (Å²) in [6.07, 6.45) is 6.66. The van der Waals surface area contributed by atoms with Gasteiger partial charge in [-0.1, -0.05) is 78.5 Å². The van der Waals surface area contributed by atoms with Gasteiger partial charge in [0.2, 0.25) is 11.8 Å². The maximum absolute atomic E-state index is 14.1. The highest BCUT2D eigenvalue weighted by Crippen LogP contribution is 2.62. The van der Waals surface area contributed by atoms with Gasteiger partial charge in [-0.05, 0) is 114 Å². The number of carbonyl (C=O) groups is 3. The first-order valence-corrected chi connectivity index (χ1v) is 24.8. The van der Waals surface area contributed by atoms with Crippen molar-refractivity contribution in [2.75, 3.05) is 49.6 Å². The molecular formula is C53H60Cl4N4O7. The number of aryl methyl sites for hydroxylation is 1. The van der Waals surface area contributed by atoms with E-state index in [0.29, 0.717) is 86.5 Å². The highest BCUT2D eigenvalue weighted by molar-refractivity contribution is 6.53. The second-order valence-electron chi connectivity index (χ2n) is 20.3. The molecule has 1 atom stereocenters. The van der Waals surface area contributed by atoms with Gasteiger partial charge in [0.15, 0.2) is 5.60 Å². The van der Waals surface area contributed by atoms with Crippen molar-refractivity contribution in [1.82, 2.24) is 10.6 Å². The Kier molecular flexibility index (Phi) is 13.9. The maximum atomic E-state index is 14.1. The Balaban J connectivity index is 0.924. The second-order valence-corrected chi connectivity index (χ2v) is 21.8. The van der Waals surface area contributed by atoms with Crippen LogP contribution in [0.25, 0.3) is 5.57 Å². The van der Waals surface area contributed by atoms with E-state index in [9.17, 15) is 19.5 Å². The van der Waals surface area contributed by atoms with Gasteiger partial charge in [-0.3, -0.25) is 9.59 Å². The summed E-state index contributed by atoms with van der Waals surface area (Å²) < 4.78 is 19.7. The lowest BCUT2D eigenvalue weighted by Gasteiger charge is -2.43. The molecule has 8 rings (SSSR count). The normalized spacial score (nSPS) is 17.9. The van der Waals surface area contributed by atoms with Crippen LogP contribution in [0.4, 0.5) is 11.4 Å². The molecule has 0 aromatic heterocycles. The fourth-order valence-electron chi connectivity index (χ4n) is 9.87. The monoisotopic (exact) mass is 1000 g/mol. The molecule has 0 saturated heterocycles. The first-order chi connectivity index (χ1) is 32.0. The molecule has 4 aliphatic heterocycles. The second kappa shape index (κ2) is 18.9. The highest BCUT2D eigenvalue weighted by Gasteiger charge is 2.57. The van der Waals surface area contributed by atoms with Crippen molar-refractivity contribution in [1.29, 1.82) is 0 Å². The van der Waals surface area contributed by atoms with Gasteiger partial charge in [-0.2, -0.15) is 0 Å². The minimum Gasteiger partial charge on any atom is -0.508 e. The molecule has 362 valence electrons. The fourth-order valence-corrected chi connectivity index (χ4v) is 10.9. The number of hydrogen-bond donors (Lipinski definition) is 3. The van der Waals surface area contributed by atoms with E-state index in [-0.39, 0.29) is 48.8 Å². The van der Waals surface area contributed by atoms with Crippen molar-refractivity contribution in [2.45, 2.75) is 110 Å². The van der Waals surface area contributed by atoms with Crippen LogP contribution in [-0.2, 0) is 37.5 Å². The summed E-state index contributed by atoms with van der Waals surface area (Å²) in [7, 11) is 2.05. The van der Waals surface area contributed by atoms with Crippen molar-refractivity contribution in [3.63, 3.8) is 0 Å². The lowest BCUT2D eigenvalue weighted by Crippen LogP contribution is -2.42. The predicted molar refractivity (Wildman–Crippen MR) is 272 cm³/mol. The van der Waals surface area contributed by atoms with Gasteiger partial charge < -0.3 is 39.8 Å². The molecule has 11 nitrogen and oxygen atoms in total. The van der Waals surface area contributed by atoms with E-state index in [1.165, 1.54) is 0 Å². The predicted octanol–water partition coefficient (Wildman–Crippen LogP) is 11.8. The summed E-state index contributed by atoms with van der Waals surface area (Å²) in [5.74, 6) is 0.487. The van der Waals surface area contributed by atoms with Gasteiger partial charge in [-0.25, -0.2) is 4.79 Å². The van der Waals surface area contributed by atoms with Gasteiger partial charge in [0.1, 0.15) is 17.2 Å². The number of likely N-dealkylation sites (N-methyl/N-ethyl adjacent to an activating group) is 1. The van der Waals surface area contributed by atoms with Gasteiger partial charge >= 0.3 is 5.97 Å². The van der Waals surface area contributed by atoms with Crippen LogP contribution < -0.4 is 25.2 Å². The first kappa shape index (κ1) is 49.8. The molecule has 4 aromatic carbocycles. The molecule has 0 radical (unpaired) electrons. The van der Waals surface area contributed by atoms with Crippen LogP contribution in [0.3, 0.4) is 0 Å². The number of halogens is 4. The molecule has 2 amide bonds. The zero-order valence-corrected chi connectivity index (χ0v) is 43.0. The molecule has 4 aliphatic rings. The Morgan fingerprint density at radius 1 is 0.882 bits per heavy atom. The quantitative estimate of drug-likeness (QED) is 0.0605. The molecule has 1 spiro atoms. The lowest BCUT2D eigenvalue weighted by atomic mass is 9.75. The molecule has 4 heterocycles. The Morgan fingerprint density at radius 3 is 2.28 bits per heavy atom. The van der Waals surface area contributed by atoms with Gasteiger partial charge in [0.25, 0.3) is 0 Å². The minimum atomic E-state index is -1.55. The number of aromatic hydroxyl groups is 1. The Labute approximate surface area is 419 Å². The van der Waals surface area contributed by atoms with Crippen LogP contribution in [0.5, 0.6) is 17.2 Å². The average Bonchev–Trinajstić information content (AvgIpc) is 3.59. The van der Waals surface area contributed by atoms with Crippen LogP contribution in [0.2, 0.25) is 20.1 Å². The third kappa shape index (κ3) is 9.38. The van der Waals surface area contributed by atoms with Gasteiger partial charge in [0.05, 0.1) is 36.8 Å². The van der Waals surface area contributed by atoms with E-state index in [1.54, 1.807) is 12.1 Å². The number of nitrogens with one attached hydrogen (secondary N) is 2. The first-order valence-electron chi connectivity index (χ1n) is 23.3. The van der Waals surface area contributed by atoms with E-state index in [1.807, 2.05) is 65.1 Å². The number of hydrogen-bond acceptors (Lipinski definition) is 9. The summed E-state index contributed by atoms with van der Waals surface area (Å²) in [4.78, 5) is 44.7. The summed E-state index contributed by atoms with van der Waals surface area (Å²) >= 11 is 27.2. The van der Waals surface area contributed by atoms with Crippen molar-refractivity contribution >= 4 is 81.1 Å². The van der Waals surface area contributed by atoms with Crippen molar-refractivity contribution in [3.05, 3.63) is 114 Å². The number of benzene rings is 4. The number of fused-ring (bicyclic) bond motifs is 8. The number of phenols is 1. The summed E-state index contributed by atoms with van der Waals surface area (Å²) in [5.41, 5.74) is 4.72. The van der Waals surface area contributed by atoms with Crippen LogP contribution in [-0.4, -0.2) is 73.9 Å². The van der Waals surface area contributed by atoms with Crippen LogP contribution in [0.15, 0.2) is 54.6 Å². The molecule has 68 heavy (non-hydrogen) atoms. The molecule has 15 heteroatoms. The van der Waals surface area contributed by atoms with Crippen LogP contribution >= 0.6 is 46.4 Å². The number of allylic oxidation sites excluding steroid dienone is 1. The van der Waals surface area contributed by atoms with Crippen LogP contribution in [0, 0.1) is 5.41 Å². The zero-order chi connectivity index (χ0) is 49.1. The Morgan fingerprint density at radius 2 is 1.56 bits per heavy atom. The van der Waals surface area contributed by atoms with E-state index in [4.69, 9.17) is 60.6 Å². The maximum Gasteiger partial charge on any atom is 0.341 e. The molecule has 4 aromatic rings. The van der Waals surface area contributed by atoms with E-state index in [0.717, 1.165) is 53.0 Å². The average molecular weight is 1010 g/mol. The summed E-state index contributed by atoms with van der Waals surface area (Å²) in [6, 6.07) is 15.1. The summed E-state index contributed by atoms with van der Waals surface area (Å²) in [5, 5.41) is 15.7. The van der Waals surface area contributed by atoms with Gasteiger partial charge in [-0.15, -0.1) is 0 Å². The Bertz CT molecular complexity index is 2720. The third-order valence-electron chi connectivity index (χ3n) is 14.1. The number of nitrogens with zero attached hydrogens (tertiary/aromatic N) is 2. The molecule has 0 aliphatic carbocycles. The number of esters is 1. The molecule has 0 bridgehead atoms. The SMILES string of the molecule is CC1=CC(C)(C)N(C)c2cc3c(cc21)C1(OC(=O)c2c(Cl)c(Cl)c(Cl)c(Cl)c21)c1cc2c(cc1O3)N(CCCC(=O)NCCC(C)(C)OCCC(C)(C)C(=O)NCCc1ccc(O)cc1)CCC2. The van der Waals surface area contributed by atoms with E-state index < -0.39 is 22.6 Å². The van der Waals surface area contributed by atoms with Crippen molar-refractivity contribution in [2.24, 2.45) is 5.41 Å². The smallest absolute Gasteiger partial charge is 0.341 e. The van der Waals surface area contributed by atoms with E-state index in [2.05, 4.69) is 53.3 Å². The number of amides is 2. The minimum absolute atomic E-state index is 0.0195. The Hall–Kier alpha value is -4.65. The number of anilines is 2. The van der Waals surface area contributed by atoms with Crippen LogP contribution in [0.1, 0.15) is 124 Å². The fraction of sp³-hybridized carbons (Fsp3) is 0.453. The largest absolute Gasteiger partial charge is 0.508 e. The third-order valence-corrected chi connectivity index (χ3v) is 15.9. The van der Waals surface area contributed by atoms with E-state index >= 15 is 0 Å². The topological polar surface area (TPSA) is 130 Å². The molecule has 3 N–H and O–H groups in total. The molecule has 0 saturated carbocycles.